The number of nitrogens with one attached hydrogen (secondary N) is 1. The minimum absolute atomic E-state index is 0.00840. The number of carbonyl (C=O) groups excluding carboxylic acids is 1. The lowest BCUT2D eigenvalue weighted by Crippen LogP contribution is -2.38. The van der Waals surface area contributed by atoms with Gasteiger partial charge in [0.15, 0.2) is 0 Å². The molecule has 5 heteroatoms. The van der Waals surface area contributed by atoms with E-state index in [0.717, 1.165) is 30.0 Å². The van der Waals surface area contributed by atoms with E-state index in [1.54, 1.807) is 11.3 Å². The zero-order chi connectivity index (χ0) is 14.4. The third kappa shape index (κ3) is 4.56. The lowest BCUT2D eigenvalue weighted by Gasteiger charge is -2.26. The molecule has 1 N–H and O–H groups in total. The molecule has 1 saturated carbocycles. The molecule has 20 heavy (non-hydrogen) atoms. The number of aromatic nitrogens is 1. The van der Waals surface area contributed by atoms with Crippen LogP contribution in [0.25, 0.3) is 0 Å². The van der Waals surface area contributed by atoms with E-state index in [2.05, 4.69) is 10.3 Å². The molecule has 1 aliphatic carbocycles. The van der Waals surface area contributed by atoms with Crippen LogP contribution in [0, 0.1) is 6.92 Å². The first-order valence-electron chi connectivity index (χ1n) is 7.53. The maximum atomic E-state index is 12.2. The van der Waals surface area contributed by atoms with Crippen molar-refractivity contribution in [2.75, 3.05) is 0 Å². The summed E-state index contributed by atoms with van der Waals surface area (Å²) in [6.45, 7) is 4.46. The topological polar surface area (TPSA) is 51.2 Å². The average Bonchev–Trinajstić information content (AvgIpc) is 2.89. The average molecular weight is 296 g/mol. The van der Waals surface area contributed by atoms with Crippen molar-refractivity contribution in [3.63, 3.8) is 0 Å². The number of aryl methyl sites for hydroxylation is 1. The second-order valence-corrected chi connectivity index (χ2v) is 6.34. The van der Waals surface area contributed by atoms with Crippen LogP contribution < -0.4 is 5.32 Å². The molecule has 0 spiro atoms. The zero-order valence-corrected chi connectivity index (χ0v) is 13.2. The van der Waals surface area contributed by atoms with Crippen molar-refractivity contribution in [1.29, 1.82) is 0 Å². The Morgan fingerprint density at radius 2 is 2.25 bits per heavy atom. The standard InChI is InChI=1S/C15H24N2O2S/c1-3-13(19-12-7-5-4-6-8-12)15(18)16-9-14-17-11(2)10-20-14/h10,12-13H,3-9H2,1-2H3,(H,16,18). The predicted molar refractivity (Wildman–Crippen MR) is 80.7 cm³/mol. The number of rotatable bonds is 6. The Balaban J connectivity index is 1.78. The number of carbonyl (C=O) groups is 1. The number of nitrogens with zero attached hydrogens (tertiary/aromatic N) is 1. The van der Waals surface area contributed by atoms with Crippen molar-refractivity contribution in [2.45, 2.75) is 71.1 Å². The molecule has 1 heterocycles. The summed E-state index contributed by atoms with van der Waals surface area (Å²) < 4.78 is 5.97. The molecule has 0 aliphatic heterocycles. The van der Waals surface area contributed by atoms with Crippen LogP contribution in [0.5, 0.6) is 0 Å². The minimum Gasteiger partial charge on any atom is -0.365 e. The minimum atomic E-state index is -0.320. The molecular weight excluding hydrogens is 272 g/mol. The third-order valence-corrected chi connectivity index (χ3v) is 4.62. The van der Waals surface area contributed by atoms with Crippen molar-refractivity contribution in [3.8, 4) is 0 Å². The van der Waals surface area contributed by atoms with Crippen LogP contribution in [-0.4, -0.2) is 23.1 Å². The third-order valence-electron chi connectivity index (χ3n) is 3.65. The number of ether oxygens (including phenoxy) is 1. The lowest BCUT2D eigenvalue weighted by molar-refractivity contribution is -0.138. The van der Waals surface area contributed by atoms with E-state index in [1.165, 1.54) is 19.3 Å². The number of hydrogen-bond acceptors (Lipinski definition) is 4. The summed E-state index contributed by atoms with van der Waals surface area (Å²) in [5.74, 6) is -0.00840. The van der Waals surface area contributed by atoms with Crippen molar-refractivity contribution in [1.82, 2.24) is 10.3 Å². The van der Waals surface area contributed by atoms with Gasteiger partial charge in [-0.25, -0.2) is 4.98 Å². The smallest absolute Gasteiger partial charge is 0.249 e. The van der Waals surface area contributed by atoms with E-state index < -0.39 is 0 Å². The van der Waals surface area contributed by atoms with Crippen LogP contribution in [0.15, 0.2) is 5.38 Å². The molecule has 1 atom stereocenters. The Morgan fingerprint density at radius 3 is 2.85 bits per heavy atom. The van der Waals surface area contributed by atoms with Crippen LogP contribution in [0.4, 0.5) is 0 Å². The van der Waals surface area contributed by atoms with E-state index in [0.29, 0.717) is 6.54 Å². The first-order chi connectivity index (χ1) is 9.69. The number of amides is 1. The molecule has 0 radical (unpaired) electrons. The van der Waals surface area contributed by atoms with Gasteiger partial charge in [-0.15, -0.1) is 11.3 Å². The second-order valence-electron chi connectivity index (χ2n) is 5.39. The van der Waals surface area contributed by atoms with Crippen molar-refractivity contribution >= 4 is 17.2 Å². The molecule has 0 aromatic carbocycles. The first kappa shape index (κ1) is 15.4. The second kappa shape index (κ2) is 7.74. The normalized spacial score (nSPS) is 17.9. The predicted octanol–water partition coefficient (Wildman–Crippen LogP) is 3.20. The van der Waals surface area contributed by atoms with Crippen LogP contribution in [-0.2, 0) is 16.1 Å². The number of thiazole rings is 1. The van der Waals surface area contributed by atoms with Crippen LogP contribution >= 0.6 is 11.3 Å². The monoisotopic (exact) mass is 296 g/mol. The number of hydrogen-bond donors (Lipinski definition) is 1. The molecule has 1 aliphatic rings. The van der Waals surface area contributed by atoms with Gasteiger partial charge in [0.25, 0.3) is 0 Å². The van der Waals surface area contributed by atoms with E-state index in [-0.39, 0.29) is 18.1 Å². The summed E-state index contributed by atoms with van der Waals surface area (Å²) in [6.07, 6.45) is 6.60. The van der Waals surface area contributed by atoms with Crippen LogP contribution in [0.3, 0.4) is 0 Å². The first-order valence-corrected chi connectivity index (χ1v) is 8.41. The highest BCUT2D eigenvalue weighted by molar-refractivity contribution is 7.09. The van der Waals surface area contributed by atoms with Crippen molar-refractivity contribution in [3.05, 3.63) is 16.1 Å². The molecule has 0 saturated heterocycles. The summed E-state index contributed by atoms with van der Waals surface area (Å²) in [7, 11) is 0. The van der Waals surface area contributed by atoms with Crippen LogP contribution in [0.2, 0.25) is 0 Å². The van der Waals surface area contributed by atoms with Gasteiger partial charge in [-0.1, -0.05) is 26.2 Å². The molecule has 4 nitrogen and oxygen atoms in total. The quantitative estimate of drug-likeness (QED) is 0.877. The SMILES string of the molecule is CCC(OC1CCCCC1)C(=O)NCc1nc(C)cs1. The highest BCUT2D eigenvalue weighted by Crippen LogP contribution is 2.22. The van der Waals surface area contributed by atoms with Crippen LogP contribution in [0.1, 0.15) is 56.2 Å². The summed E-state index contributed by atoms with van der Waals surface area (Å²) in [5, 5.41) is 5.88. The molecule has 2 rings (SSSR count). The molecule has 1 aromatic rings. The zero-order valence-electron chi connectivity index (χ0n) is 12.4. The molecule has 1 amide bonds. The van der Waals surface area contributed by atoms with E-state index in [9.17, 15) is 4.79 Å². The molecule has 1 aromatic heterocycles. The highest BCUT2D eigenvalue weighted by atomic mass is 32.1. The maximum Gasteiger partial charge on any atom is 0.249 e. The van der Waals surface area contributed by atoms with Gasteiger partial charge in [0.1, 0.15) is 11.1 Å². The van der Waals surface area contributed by atoms with Gasteiger partial charge in [-0.05, 0) is 26.2 Å². The van der Waals surface area contributed by atoms with E-state index in [1.807, 2.05) is 19.2 Å². The molecular formula is C15H24N2O2S. The summed E-state index contributed by atoms with van der Waals surface area (Å²) in [6, 6.07) is 0. The van der Waals surface area contributed by atoms with Gasteiger partial charge in [0, 0.05) is 11.1 Å². The molecule has 1 fully saturated rings. The van der Waals surface area contributed by atoms with Gasteiger partial charge in [0.05, 0.1) is 12.6 Å². The molecule has 0 bridgehead atoms. The van der Waals surface area contributed by atoms with Crippen molar-refractivity contribution < 1.29 is 9.53 Å². The van der Waals surface area contributed by atoms with E-state index >= 15 is 0 Å². The fourth-order valence-electron chi connectivity index (χ4n) is 2.54. The van der Waals surface area contributed by atoms with Gasteiger partial charge in [-0.2, -0.15) is 0 Å². The Labute approximate surface area is 124 Å². The molecule has 1 unspecified atom stereocenters. The maximum absolute atomic E-state index is 12.2. The largest absolute Gasteiger partial charge is 0.365 e. The fourth-order valence-corrected chi connectivity index (χ4v) is 3.25. The lowest BCUT2D eigenvalue weighted by atomic mass is 9.97. The van der Waals surface area contributed by atoms with Gasteiger partial charge >= 0.3 is 0 Å². The Bertz CT molecular complexity index is 427. The fraction of sp³-hybridized carbons (Fsp3) is 0.733. The Morgan fingerprint density at radius 1 is 1.50 bits per heavy atom. The van der Waals surface area contributed by atoms with Gasteiger partial charge < -0.3 is 10.1 Å². The van der Waals surface area contributed by atoms with Gasteiger partial charge in [-0.3, -0.25) is 4.79 Å². The summed E-state index contributed by atoms with van der Waals surface area (Å²) in [5.41, 5.74) is 1.00. The Hall–Kier alpha value is -0.940. The highest BCUT2D eigenvalue weighted by Gasteiger charge is 2.23. The Kier molecular flexibility index (Phi) is 5.98. The van der Waals surface area contributed by atoms with Crippen molar-refractivity contribution in [2.24, 2.45) is 0 Å². The molecule has 112 valence electrons. The van der Waals surface area contributed by atoms with E-state index in [4.69, 9.17) is 4.74 Å². The summed E-state index contributed by atoms with van der Waals surface area (Å²) >= 11 is 1.58. The summed E-state index contributed by atoms with van der Waals surface area (Å²) in [4.78, 5) is 16.5. The van der Waals surface area contributed by atoms with Gasteiger partial charge in [0.2, 0.25) is 5.91 Å².